The molecular formula is C12H25NO3. The quantitative estimate of drug-likeness (QED) is 0.434. The van der Waals surface area contributed by atoms with Gasteiger partial charge in [-0.1, -0.05) is 12.2 Å². The van der Waals surface area contributed by atoms with Crippen molar-refractivity contribution in [3.63, 3.8) is 0 Å². The Morgan fingerprint density at radius 3 is 2.75 bits per heavy atom. The number of aliphatic hydroxyl groups excluding tert-OH is 1. The van der Waals surface area contributed by atoms with E-state index in [-0.39, 0.29) is 6.10 Å². The molecule has 0 aliphatic carbocycles. The van der Waals surface area contributed by atoms with Gasteiger partial charge in [-0.2, -0.15) is 0 Å². The third-order valence-corrected chi connectivity index (χ3v) is 2.08. The van der Waals surface area contributed by atoms with Crippen molar-refractivity contribution in [2.75, 3.05) is 33.4 Å². The second kappa shape index (κ2) is 11.1. The molecule has 0 aromatic heterocycles. The van der Waals surface area contributed by atoms with Crippen LogP contribution >= 0.6 is 0 Å². The number of ether oxygens (including phenoxy) is 2. The van der Waals surface area contributed by atoms with Crippen molar-refractivity contribution in [2.45, 2.75) is 32.5 Å². The molecule has 0 saturated carbocycles. The average Bonchev–Trinajstić information content (AvgIpc) is 2.26. The van der Waals surface area contributed by atoms with E-state index in [4.69, 9.17) is 9.47 Å². The van der Waals surface area contributed by atoms with E-state index >= 15 is 0 Å². The standard InChI is InChI=1S/C12H25NO3/c1-4-5-6-7-13-8-12(14)10-16-11(2)9-15-3/h4-5,11-14H,6-10H2,1-3H3/b5-4+. The zero-order chi connectivity index (χ0) is 12.2. The Morgan fingerprint density at radius 2 is 2.12 bits per heavy atom. The molecule has 4 nitrogen and oxygen atoms in total. The number of aliphatic hydroxyl groups is 1. The molecular weight excluding hydrogens is 206 g/mol. The van der Waals surface area contributed by atoms with Gasteiger partial charge in [0.2, 0.25) is 0 Å². The molecule has 0 radical (unpaired) electrons. The fourth-order valence-corrected chi connectivity index (χ4v) is 1.24. The van der Waals surface area contributed by atoms with E-state index < -0.39 is 6.10 Å². The molecule has 0 bridgehead atoms. The number of allylic oxidation sites excluding steroid dienone is 1. The van der Waals surface area contributed by atoms with E-state index in [9.17, 15) is 5.11 Å². The van der Waals surface area contributed by atoms with Gasteiger partial charge in [0.25, 0.3) is 0 Å². The average molecular weight is 231 g/mol. The van der Waals surface area contributed by atoms with Crippen LogP contribution in [-0.4, -0.2) is 50.7 Å². The Bertz CT molecular complexity index is 174. The minimum atomic E-state index is -0.454. The topological polar surface area (TPSA) is 50.7 Å². The summed E-state index contributed by atoms with van der Waals surface area (Å²) < 4.78 is 10.3. The molecule has 0 aromatic rings. The minimum absolute atomic E-state index is 0.0303. The number of methoxy groups -OCH3 is 1. The molecule has 2 atom stereocenters. The normalized spacial score (nSPS) is 15.5. The fourth-order valence-electron chi connectivity index (χ4n) is 1.24. The monoisotopic (exact) mass is 231 g/mol. The molecule has 2 unspecified atom stereocenters. The Hall–Kier alpha value is -0.420. The van der Waals surface area contributed by atoms with Gasteiger partial charge in [0.15, 0.2) is 0 Å². The van der Waals surface area contributed by atoms with Crippen LogP contribution in [0.15, 0.2) is 12.2 Å². The van der Waals surface area contributed by atoms with Gasteiger partial charge >= 0.3 is 0 Å². The van der Waals surface area contributed by atoms with Crippen LogP contribution in [0.4, 0.5) is 0 Å². The molecule has 2 N–H and O–H groups in total. The van der Waals surface area contributed by atoms with Crippen LogP contribution in [0.2, 0.25) is 0 Å². The number of hydrogen-bond acceptors (Lipinski definition) is 4. The third kappa shape index (κ3) is 10.1. The van der Waals surface area contributed by atoms with Crippen molar-refractivity contribution >= 4 is 0 Å². The number of rotatable bonds is 10. The molecule has 16 heavy (non-hydrogen) atoms. The molecule has 0 saturated heterocycles. The molecule has 4 heteroatoms. The van der Waals surface area contributed by atoms with Crippen molar-refractivity contribution in [3.8, 4) is 0 Å². The van der Waals surface area contributed by atoms with E-state index in [0.29, 0.717) is 19.8 Å². The molecule has 0 fully saturated rings. The Kier molecular flexibility index (Phi) is 10.8. The van der Waals surface area contributed by atoms with E-state index in [1.165, 1.54) is 0 Å². The summed E-state index contributed by atoms with van der Waals surface area (Å²) in [7, 11) is 1.64. The molecule has 0 spiro atoms. The molecule has 0 amide bonds. The lowest BCUT2D eigenvalue weighted by Crippen LogP contribution is -2.32. The minimum Gasteiger partial charge on any atom is -0.389 e. The lowest BCUT2D eigenvalue weighted by Gasteiger charge is -2.16. The van der Waals surface area contributed by atoms with E-state index in [0.717, 1.165) is 13.0 Å². The van der Waals surface area contributed by atoms with Crippen LogP contribution in [0.3, 0.4) is 0 Å². The van der Waals surface area contributed by atoms with Gasteiger partial charge in [0.05, 0.1) is 25.4 Å². The van der Waals surface area contributed by atoms with Crippen LogP contribution in [-0.2, 0) is 9.47 Å². The summed E-state index contributed by atoms with van der Waals surface area (Å²) in [4.78, 5) is 0. The summed E-state index contributed by atoms with van der Waals surface area (Å²) in [6, 6.07) is 0. The molecule has 0 rings (SSSR count). The third-order valence-electron chi connectivity index (χ3n) is 2.08. The van der Waals surface area contributed by atoms with Gasteiger partial charge in [-0.25, -0.2) is 0 Å². The van der Waals surface area contributed by atoms with Crippen LogP contribution in [0, 0.1) is 0 Å². The SMILES string of the molecule is C/C=C/CCNCC(O)COC(C)COC. The lowest BCUT2D eigenvalue weighted by molar-refractivity contribution is -0.0309. The van der Waals surface area contributed by atoms with Crippen molar-refractivity contribution < 1.29 is 14.6 Å². The van der Waals surface area contributed by atoms with Gasteiger partial charge in [0.1, 0.15) is 0 Å². The van der Waals surface area contributed by atoms with Crippen molar-refractivity contribution in [1.29, 1.82) is 0 Å². The van der Waals surface area contributed by atoms with Gasteiger partial charge < -0.3 is 19.9 Å². The predicted octanol–water partition coefficient (Wildman–Crippen LogP) is 0.955. The van der Waals surface area contributed by atoms with Crippen molar-refractivity contribution in [1.82, 2.24) is 5.32 Å². The highest BCUT2D eigenvalue weighted by Crippen LogP contribution is 1.93. The summed E-state index contributed by atoms with van der Waals surface area (Å²) in [5.74, 6) is 0. The highest BCUT2D eigenvalue weighted by atomic mass is 16.5. The maximum absolute atomic E-state index is 9.58. The maximum Gasteiger partial charge on any atom is 0.0897 e. The second-order valence-corrected chi connectivity index (χ2v) is 3.81. The van der Waals surface area contributed by atoms with Gasteiger partial charge in [-0.05, 0) is 26.8 Å². The summed E-state index contributed by atoms with van der Waals surface area (Å²) in [5, 5.41) is 12.7. The first-order valence-corrected chi connectivity index (χ1v) is 5.81. The number of hydrogen-bond donors (Lipinski definition) is 2. The van der Waals surface area contributed by atoms with Crippen molar-refractivity contribution in [3.05, 3.63) is 12.2 Å². The summed E-state index contributed by atoms with van der Waals surface area (Å²) in [6.45, 7) is 6.28. The Labute approximate surface area is 98.6 Å². The van der Waals surface area contributed by atoms with Crippen LogP contribution in [0.25, 0.3) is 0 Å². The first-order valence-electron chi connectivity index (χ1n) is 5.81. The lowest BCUT2D eigenvalue weighted by atomic mass is 10.3. The maximum atomic E-state index is 9.58. The van der Waals surface area contributed by atoms with Crippen LogP contribution < -0.4 is 5.32 Å². The summed E-state index contributed by atoms with van der Waals surface area (Å²) in [6.07, 6.45) is 4.68. The van der Waals surface area contributed by atoms with Crippen molar-refractivity contribution in [2.24, 2.45) is 0 Å². The Balaban J connectivity index is 3.33. The molecule has 0 aliphatic rings. The largest absolute Gasteiger partial charge is 0.389 e. The zero-order valence-electron chi connectivity index (χ0n) is 10.6. The first kappa shape index (κ1) is 15.6. The van der Waals surface area contributed by atoms with Gasteiger partial charge in [0, 0.05) is 13.7 Å². The molecule has 0 aliphatic heterocycles. The van der Waals surface area contributed by atoms with E-state index in [2.05, 4.69) is 11.4 Å². The first-order chi connectivity index (χ1) is 7.70. The predicted molar refractivity (Wildman–Crippen MR) is 65.6 cm³/mol. The fraction of sp³-hybridized carbons (Fsp3) is 0.833. The molecule has 0 aromatic carbocycles. The zero-order valence-corrected chi connectivity index (χ0v) is 10.6. The summed E-state index contributed by atoms with van der Waals surface area (Å²) >= 11 is 0. The Morgan fingerprint density at radius 1 is 1.38 bits per heavy atom. The second-order valence-electron chi connectivity index (χ2n) is 3.81. The summed E-state index contributed by atoms with van der Waals surface area (Å²) in [5.41, 5.74) is 0. The van der Waals surface area contributed by atoms with E-state index in [1.807, 2.05) is 19.9 Å². The van der Waals surface area contributed by atoms with Gasteiger partial charge in [-0.3, -0.25) is 0 Å². The highest BCUT2D eigenvalue weighted by molar-refractivity contribution is 4.77. The van der Waals surface area contributed by atoms with Crippen LogP contribution in [0.5, 0.6) is 0 Å². The van der Waals surface area contributed by atoms with Crippen LogP contribution in [0.1, 0.15) is 20.3 Å². The van der Waals surface area contributed by atoms with E-state index in [1.54, 1.807) is 7.11 Å². The smallest absolute Gasteiger partial charge is 0.0897 e. The molecule has 96 valence electrons. The number of nitrogens with one attached hydrogen (secondary N) is 1. The highest BCUT2D eigenvalue weighted by Gasteiger charge is 2.07. The molecule has 0 heterocycles. The van der Waals surface area contributed by atoms with Gasteiger partial charge in [-0.15, -0.1) is 0 Å².